The maximum absolute atomic E-state index is 11.0. The van der Waals surface area contributed by atoms with Crippen LogP contribution in [0, 0.1) is 6.92 Å². The van der Waals surface area contributed by atoms with Gasteiger partial charge in [0.25, 0.3) is 0 Å². The number of benzene rings is 2. The largest absolute Gasteiger partial charge is 0.506 e. The molecule has 0 heterocycles. The van der Waals surface area contributed by atoms with Crippen LogP contribution in [-0.2, 0) is 11.2 Å². The van der Waals surface area contributed by atoms with E-state index in [2.05, 4.69) is 24.3 Å². The summed E-state index contributed by atoms with van der Waals surface area (Å²) in [6.45, 7) is 2.00. The summed E-state index contributed by atoms with van der Waals surface area (Å²) in [6.07, 6.45) is 6.02. The minimum atomic E-state index is -1.20. The summed E-state index contributed by atoms with van der Waals surface area (Å²) in [5, 5.41) is 8.99. The maximum Gasteiger partial charge on any atom is 0.506 e. The molecule has 0 aromatic heterocycles. The van der Waals surface area contributed by atoms with Crippen LogP contribution in [0.15, 0.2) is 54.6 Å². The number of aryl methyl sites for hydroxylation is 2. The zero-order valence-corrected chi connectivity index (χ0v) is 15.0. The Labute approximate surface area is 150 Å². The standard InChI is InChI=1S/C22H28O3/c1-18-12-10-11-16-20(18)21(25-22(23)24)17-9-4-2-3-6-13-19-14-7-5-8-15-19/h5,7-8,10-12,14-16,21H,2-4,6,9,13,17H2,1H3,(H,23,24). The van der Waals surface area contributed by atoms with Crippen molar-refractivity contribution < 1.29 is 14.6 Å². The van der Waals surface area contributed by atoms with Crippen LogP contribution in [0.4, 0.5) is 4.79 Å². The molecule has 2 aromatic rings. The van der Waals surface area contributed by atoms with E-state index in [4.69, 9.17) is 9.84 Å². The highest BCUT2D eigenvalue weighted by Crippen LogP contribution is 2.27. The molecular formula is C22H28O3. The second-order valence-corrected chi connectivity index (χ2v) is 6.52. The quantitative estimate of drug-likeness (QED) is 0.407. The van der Waals surface area contributed by atoms with E-state index in [-0.39, 0.29) is 6.10 Å². The summed E-state index contributed by atoms with van der Waals surface area (Å²) in [5.74, 6) is 0. The lowest BCUT2D eigenvalue weighted by Gasteiger charge is -2.18. The van der Waals surface area contributed by atoms with Gasteiger partial charge in [0.05, 0.1) is 0 Å². The van der Waals surface area contributed by atoms with Gasteiger partial charge in [-0.1, -0.05) is 73.9 Å². The van der Waals surface area contributed by atoms with Gasteiger partial charge in [-0.05, 0) is 49.3 Å². The van der Waals surface area contributed by atoms with Gasteiger partial charge in [-0.25, -0.2) is 4.79 Å². The van der Waals surface area contributed by atoms with Gasteiger partial charge in [-0.15, -0.1) is 0 Å². The van der Waals surface area contributed by atoms with Crippen LogP contribution in [0.3, 0.4) is 0 Å². The van der Waals surface area contributed by atoms with E-state index in [0.717, 1.165) is 36.8 Å². The van der Waals surface area contributed by atoms with E-state index in [0.29, 0.717) is 0 Å². The van der Waals surface area contributed by atoms with Crippen molar-refractivity contribution in [2.45, 2.75) is 58.0 Å². The minimum Gasteiger partial charge on any atom is -0.450 e. The molecule has 0 spiro atoms. The Morgan fingerprint density at radius 3 is 2.28 bits per heavy atom. The van der Waals surface area contributed by atoms with Crippen molar-refractivity contribution in [1.29, 1.82) is 0 Å². The first-order valence-electron chi connectivity index (χ1n) is 9.16. The number of carbonyl (C=O) groups is 1. The fraction of sp³-hybridized carbons (Fsp3) is 0.409. The average Bonchev–Trinajstić information content (AvgIpc) is 2.61. The summed E-state index contributed by atoms with van der Waals surface area (Å²) < 4.78 is 5.12. The van der Waals surface area contributed by atoms with Crippen molar-refractivity contribution in [3.05, 3.63) is 71.3 Å². The van der Waals surface area contributed by atoms with E-state index in [1.807, 2.05) is 37.3 Å². The summed E-state index contributed by atoms with van der Waals surface area (Å²) in [5.41, 5.74) is 3.46. The number of hydrogen-bond acceptors (Lipinski definition) is 2. The Morgan fingerprint density at radius 2 is 1.56 bits per heavy atom. The van der Waals surface area contributed by atoms with Crippen LogP contribution in [0.1, 0.15) is 61.3 Å². The summed E-state index contributed by atoms with van der Waals surface area (Å²) >= 11 is 0. The van der Waals surface area contributed by atoms with E-state index in [9.17, 15) is 4.79 Å². The Morgan fingerprint density at radius 1 is 0.920 bits per heavy atom. The van der Waals surface area contributed by atoms with Crippen molar-refractivity contribution >= 4 is 6.16 Å². The van der Waals surface area contributed by atoms with Gasteiger partial charge in [0.15, 0.2) is 0 Å². The van der Waals surface area contributed by atoms with Crippen LogP contribution < -0.4 is 0 Å². The SMILES string of the molecule is Cc1ccccc1C(CCCCCCCc1ccccc1)OC(=O)O. The third kappa shape index (κ3) is 7.00. The zero-order chi connectivity index (χ0) is 17.9. The Bertz CT molecular complexity index is 637. The molecule has 0 aliphatic rings. The van der Waals surface area contributed by atoms with Crippen molar-refractivity contribution in [1.82, 2.24) is 0 Å². The monoisotopic (exact) mass is 340 g/mol. The molecule has 1 unspecified atom stereocenters. The topological polar surface area (TPSA) is 46.5 Å². The second-order valence-electron chi connectivity index (χ2n) is 6.52. The Hall–Kier alpha value is -2.29. The minimum absolute atomic E-state index is 0.358. The predicted molar refractivity (Wildman–Crippen MR) is 101 cm³/mol. The van der Waals surface area contributed by atoms with Gasteiger partial charge in [0.1, 0.15) is 6.10 Å². The fourth-order valence-electron chi connectivity index (χ4n) is 3.18. The third-order valence-corrected chi connectivity index (χ3v) is 4.55. The molecular weight excluding hydrogens is 312 g/mol. The molecule has 0 amide bonds. The third-order valence-electron chi connectivity index (χ3n) is 4.55. The number of rotatable bonds is 10. The maximum atomic E-state index is 11.0. The van der Waals surface area contributed by atoms with E-state index in [1.165, 1.54) is 24.8 Å². The van der Waals surface area contributed by atoms with Gasteiger partial charge in [-0.3, -0.25) is 0 Å². The molecule has 0 saturated heterocycles. The van der Waals surface area contributed by atoms with Crippen molar-refractivity contribution in [2.24, 2.45) is 0 Å². The smallest absolute Gasteiger partial charge is 0.450 e. The van der Waals surface area contributed by atoms with E-state index < -0.39 is 6.16 Å². The van der Waals surface area contributed by atoms with E-state index >= 15 is 0 Å². The molecule has 0 fully saturated rings. The highest BCUT2D eigenvalue weighted by molar-refractivity contribution is 5.57. The number of hydrogen-bond donors (Lipinski definition) is 1. The first-order valence-corrected chi connectivity index (χ1v) is 9.16. The Balaban J connectivity index is 1.68. The molecule has 0 radical (unpaired) electrons. The molecule has 134 valence electrons. The summed E-state index contributed by atoms with van der Waals surface area (Å²) in [4.78, 5) is 11.0. The molecule has 0 bridgehead atoms. The van der Waals surface area contributed by atoms with Gasteiger partial charge >= 0.3 is 6.16 Å². The molecule has 0 aliphatic carbocycles. The lowest BCUT2D eigenvalue weighted by molar-refractivity contribution is 0.0462. The lowest BCUT2D eigenvalue weighted by atomic mass is 9.98. The lowest BCUT2D eigenvalue weighted by Crippen LogP contribution is -2.10. The average molecular weight is 340 g/mol. The number of unbranched alkanes of at least 4 members (excludes halogenated alkanes) is 4. The van der Waals surface area contributed by atoms with Crippen LogP contribution in [0.25, 0.3) is 0 Å². The van der Waals surface area contributed by atoms with Gasteiger partial charge in [0.2, 0.25) is 0 Å². The number of carboxylic acid groups (broad SMARTS) is 1. The van der Waals surface area contributed by atoms with Gasteiger partial charge < -0.3 is 9.84 Å². The molecule has 3 heteroatoms. The highest BCUT2D eigenvalue weighted by Gasteiger charge is 2.17. The second kappa shape index (κ2) is 10.5. The first kappa shape index (κ1) is 19.0. The summed E-state index contributed by atoms with van der Waals surface area (Å²) in [6, 6.07) is 18.4. The molecule has 3 nitrogen and oxygen atoms in total. The zero-order valence-electron chi connectivity index (χ0n) is 15.0. The van der Waals surface area contributed by atoms with E-state index in [1.54, 1.807) is 0 Å². The van der Waals surface area contributed by atoms with Crippen LogP contribution in [-0.4, -0.2) is 11.3 Å². The molecule has 25 heavy (non-hydrogen) atoms. The van der Waals surface area contributed by atoms with Crippen molar-refractivity contribution in [3.63, 3.8) is 0 Å². The predicted octanol–water partition coefficient (Wildman–Crippen LogP) is 6.31. The van der Waals surface area contributed by atoms with Crippen LogP contribution in [0.2, 0.25) is 0 Å². The molecule has 0 saturated carbocycles. The molecule has 1 atom stereocenters. The highest BCUT2D eigenvalue weighted by atomic mass is 16.7. The Kier molecular flexibility index (Phi) is 8.03. The normalized spacial score (nSPS) is 11.9. The van der Waals surface area contributed by atoms with Gasteiger partial charge in [-0.2, -0.15) is 0 Å². The van der Waals surface area contributed by atoms with Crippen molar-refractivity contribution in [2.75, 3.05) is 0 Å². The number of ether oxygens (including phenoxy) is 1. The fourth-order valence-corrected chi connectivity index (χ4v) is 3.18. The van der Waals surface area contributed by atoms with Gasteiger partial charge in [0, 0.05) is 0 Å². The molecule has 2 aromatic carbocycles. The van der Waals surface area contributed by atoms with Crippen molar-refractivity contribution in [3.8, 4) is 0 Å². The molecule has 0 aliphatic heterocycles. The summed E-state index contributed by atoms with van der Waals surface area (Å²) in [7, 11) is 0. The van der Waals surface area contributed by atoms with Crippen LogP contribution >= 0.6 is 0 Å². The molecule has 2 rings (SSSR count). The van der Waals surface area contributed by atoms with Crippen LogP contribution in [0.5, 0.6) is 0 Å². The molecule has 1 N–H and O–H groups in total. The first-order chi connectivity index (χ1) is 12.2.